The number of hydrogen-bond acceptors (Lipinski definition) is 7. The first-order valence-corrected chi connectivity index (χ1v) is 12.4. The number of methoxy groups -OCH3 is 1. The number of benzene rings is 2. The van der Waals surface area contributed by atoms with Crippen LogP contribution >= 0.6 is 0 Å². The summed E-state index contributed by atoms with van der Waals surface area (Å²) in [5.41, 5.74) is 8.51. The molecule has 0 aliphatic carbocycles. The summed E-state index contributed by atoms with van der Waals surface area (Å²) in [7, 11) is 1.28. The van der Waals surface area contributed by atoms with Crippen LogP contribution in [0.3, 0.4) is 0 Å². The van der Waals surface area contributed by atoms with Crippen LogP contribution in [0.4, 0.5) is 20.3 Å². The molecule has 0 saturated heterocycles. The standard InChI is InChI=1S/C27H31F2N7O2/c1-3-17-15-18(5-6-19(17)27(37)33-11-4-10-31-12-9-30)35-25-26-34-16-21(36(26)14-13-32-25)20-7-8-22(38-2)24(29)23(20)28/h5-8,13-16,31H,3-4,9-12,30H2,1-2H3,(H,32,35)(H,33,37). The van der Waals surface area contributed by atoms with Gasteiger partial charge >= 0.3 is 0 Å². The Morgan fingerprint density at radius 3 is 2.71 bits per heavy atom. The first-order valence-electron chi connectivity index (χ1n) is 12.4. The fourth-order valence-electron chi connectivity index (χ4n) is 4.15. The second-order valence-corrected chi connectivity index (χ2v) is 8.55. The second kappa shape index (κ2) is 12.4. The van der Waals surface area contributed by atoms with Gasteiger partial charge in [0.1, 0.15) is 0 Å². The molecule has 11 heteroatoms. The zero-order valence-corrected chi connectivity index (χ0v) is 21.4. The van der Waals surface area contributed by atoms with Crippen LogP contribution in [0.1, 0.15) is 29.3 Å². The fourth-order valence-corrected chi connectivity index (χ4v) is 4.15. The number of carbonyl (C=O) groups is 1. The number of aryl methyl sites for hydroxylation is 1. The van der Waals surface area contributed by atoms with E-state index in [1.807, 2.05) is 13.0 Å². The highest BCUT2D eigenvalue weighted by atomic mass is 19.2. The number of rotatable bonds is 12. The molecular weight excluding hydrogens is 492 g/mol. The number of imidazole rings is 1. The molecule has 0 saturated carbocycles. The summed E-state index contributed by atoms with van der Waals surface area (Å²) in [5, 5.41) is 9.39. The lowest BCUT2D eigenvalue weighted by Gasteiger charge is -2.13. The number of nitrogens with two attached hydrogens (primary N) is 1. The van der Waals surface area contributed by atoms with Gasteiger partial charge in [-0.1, -0.05) is 6.92 Å². The number of nitrogens with one attached hydrogen (secondary N) is 3. The number of halogens is 2. The summed E-state index contributed by atoms with van der Waals surface area (Å²) in [4.78, 5) is 21.5. The Morgan fingerprint density at radius 2 is 1.95 bits per heavy atom. The van der Waals surface area contributed by atoms with E-state index < -0.39 is 11.6 Å². The number of anilines is 2. The molecule has 0 radical (unpaired) electrons. The Balaban J connectivity index is 1.53. The Labute approximate surface area is 219 Å². The van der Waals surface area contributed by atoms with Crippen molar-refractivity contribution in [2.75, 3.05) is 38.6 Å². The number of nitrogens with zero attached hydrogens (tertiary/aromatic N) is 3. The topological polar surface area (TPSA) is 119 Å². The van der Waals surface area contributed by atoms with Gasteiger partial charge in [0.05, 0.1) is 19.0 Å². The summed E-state index contributed by atoms with van der Waals surface area (Å²) in [6.45, 7) is 4.66. The summed E-state index contributed by atoms with van der Waals surface area (Å²) < 4.78 is 35.6. The number of carbonyl (C=O) groups excluding carboxylic acids is 1. The molecule has 0 unspecified atom stereocenters. The average molecular weight is 524 g/mol. The van der Waals surface area contributed by atoms with E-state index in [1.165, 1.54) is 25.4 Å². The van der Waals surface area contributed by atoms with Crippen molar-refractivity contribution in [3.8, 4) is 17.0 Å². The van der Waals surface area contributed by atoms with Crippen molar-refractivity contribution >= 4 is 23.1 Å². The monoisotopic (exact) mass is 523 g/mol. The average Bonchev–Trinajstić information content (AvgIpc) is 3.37. The molecule has 2 aromatic carbocycles. The Bertz CT molecular complexity index is 1420. The summed E-state index contributed by atoms with van der Waals surface area (Å²) in [6, 6.07) is 8.28. The number of ether oxygens (including phenoxy) is 1. The van der Waals surface area contributed by atoms with Gasteiger partial charge in [0, 0.05) is 48.8 Å². The second-order valence-electron chi connectivity index (χ2n) is 8.55. The quantitative estimate of drug-likeness (QED) is 0.209. The molecule has 2 aromatic heterocycles. The van der Waals surface area contributed by atoms with Crippen molar-refractivity contribution in [2.24, 2.45) is 5.73 Å². The van der Waals surface area contributed by atoms with Gasteiger partial charge in [-0.25, -0.2) is 14.4 Å². The zero-order chi connectivity index (χ0) is 27.1. The lowest BCUT2D eigenvalue weighted by Crippen LogP contribution is -2.29. The molecule has 0 bridgehead atoms. The van der Waals surface area contributed by atoms with Gasteiger partial charge < -0.3 is 26.4 Å². The van der Waals surface area contributed by atoms with Crippen LogP contribution in [0.2, 0.25) is 0 Å². The molecule has 200 valence electrons. The number of hydrogen-bond donors (Lipinski definition) is 4. The maximum absolute atomic E-state index is 14.8. The van der Waals surface area contributed by atoms with Crippen molar-refractivity contribution < 1.29 is 18.3 Å². The molecule has 5 N–H and O–H groups in total. The van der Waals surface area contributed by atoms with Crippen molar-refractivity contribution in [1.82, 2.24) is 25.0 Å². The van der Waals surface area contributed by atoms with Crippen LogP contribution in [0, 0.1) is 11.6 Å². The van der Waals surface area contributed by atoms with Crippen molar-refractivity contribution in [3.63, 3.8) is 0 Å². The normalized spacial score (nSPS) is 11.1. The molecular formula is C27H31F2N7O2. The fraction of sp³-hybridized carbons (Fsp3) is 0.296. The summed E-state index contributed by atoms with van der Waals surface area (Å²) >= 11 is 0. The lowest BCUT2D eigenvalue weighted by molar-refractivity contribution is 0.0952. The predicted octanol–water partition coefficient (Wildman–Crippen LogP) is 3.66. The van der Waals surface area contributed by atoms with Crippen molar-refractivity contribution in [2.45, 2.75) is 19.8 Å². The highest BCUT2D eigenvalue weighted by molar-refractivity contribution is 5.96. The van der Waals surface area contributed by atoms with Gasteiger partial charge in [-0.3, -0.25) is 9.20 Å². The van der Waals surface area contributed by atoms with E-state index in [9.17, 15) is 13.6 Å². The third-order valence-corrected chi connectivity index (χ3v) is 6.10. The number of amides is 1. The number of fused-ring (bicyclic) bond motifs is 1. The van der Waals surface area contributed by atoms with E-state index >= 15 is 0 Å². The van der Waals surface area contributed by atoms with E-state index in [2.05, 4.69) is 25.9 Å². The molecule has 4 aromatic rings. The van der Waals surface area contributed by atoms with Gasteiger partial charge in [-0.15, -0.1) is 0 Å². The SMILES string of the molecule is CCc1cc(Nc2nccn3c(-c4ccc(OC)c(F)c4F)cnc23)ccc1C(=O)NCCCNCCN. The molecule has 2 heterocycles. The van der Waals surface area contributed by atoms with Gasteiger partial charge in [0.15, 0.2) is 23.0 Å². The molecule has 0 atom stereocenters. The molecule has 38 heavy (non-hydrogen) atoms. The van der Waals surface area contributed by atoms with Gasteiger partial charge in [-0.05, 0) is 55.3 Å². The molecule has 0 aliphatic rings. The Morgan fingerprint density at radius 1 is 1.11 bits per heavy atom. The molecule has 0 fully saturated rings. The lowest BCUT2D eigenvalue weighted by atomic mass is 10.0. The maximum atomic E-state index is 14.8. The van der Waals surface area contributed by atoms with E-state index in [0.717, 1.165) is 30.8 Å². The molecule has 0 aliphatic heterocycles. The first-order chi connectivity index (χ1) is 18.5. The Hall–Kier alpha value is -4.09. The van der Waals surface area contributed by atoms with Crippen LogP contribution in [-0.2, 0) is 6.42 Å². The smallest absolute Gasteiger partial charge is 0.251 e. The molecule has 9 nitrogen and oxygen atoms in total. The predicted molar refractivity (Wildman–Crippen MR) is 143 cm³/mol. The zero-order valence-electron chi connectivity index (χ0n) is 21.4. The van der Waals surface area contributed by atoms with Gasteiger partial charge in [-0.2, -0.15) is 4.39 Å². The van der Waals surface area contributed by atoms with E-state index in [1.54, 1.807) is 28.9 Å². The van der Waals surface area contributed by atoms with E-state index in [4.69, 9.17) is 10.5 Å². The third-order valence-electron chi connectivity index (χ3n) is 6.10. The van der Waals surface area contributed by atoms with Crippen LogP contribution in [-0.4, -0.2) is 53.6 Å². The van der Waals surface area contributed by atoms with Crippen molar-refractivity contribution in [1.29, 1.82) is 0 Å². The number of aromatic nitrogens is 3. The minimum Gasteiger partial charge on any atom is -0.494 e. The summed E-state index contributed by atoms with van der Waals surface area (Å²) in [5.74, 6) is -1.96. The maximum Gasteiger partial charge on any atom is 0.251 e. The van der Waals surface area contributed by atoms with Crippen molar-refractivity contribution in [3.05, 3.63) is 71.7 Å². The molecule has 4 rings (SSSR count). The first kappa shape index (κ1) is 27.0. The van der Waals surface area contributed by atoms with Crippen LogP contribution in [0.15, 0.2) is 48.9 Å². The largest absolute Gasteiger partial charge is 0.494 e. The summed E-state index contributed by atoms with van der Waals surface area (Å²) in [6.07, 6.45) is 6.10. The highest BCUT2D eigenvalue weighted by Crippen LogP contribution is 2.31. The van der Waals surface area contributed by atoms with E-state index in [-0.39, 0.29) is 17.2 Å². The highest BCUT2D eigenvalue weighted by Gasteiger charge is 2.19. The van der Waals surface area contributed by atoms with E-state index in [0.29, 0.717) is 42.2 Å². The minimum atomic E-state index is -1.06. The van der Waals surface area contributed by atoms with Crippen LogP contribution in [0.5, 0.6) is 5.75 Å². The van der Waals surface area contributed by atoms with Gasteiger partial charge in [0.2, 0.25) is 5.82 Å². The third kappa shape index (κ3) is 5.74. The van der Waals surface area contributed by atoms with Crippen LogP contribution in [0.25, 0.3) is 16.9 Å². The Kier molecular flexibility index (Phi) is 8.82. The van der Waals surface area contributed by atoms with Gasteiger partial charge in [0.25, 0.3) is 5.91 Å². The van der Waals surface area contributed by atoms with Crippen LogP contribution < -0.4 is 26.4 Å². The minimum absolute atomic E-state index is 0.0479. The molecule has 0 spiro atoms. The molecule has 1 amide bonds.